The molecule has 0 aliphatic rings. The average molecular weight is 1510 g/mol. The normalized spacial score (nSPS) is 14.1. The summed E-state index contributed by atoms with van der Waals surface area (Å²) in [6.45, 7) is 7.26. The quantitative estimate of drug-likeness (QED) is 0.0169. The van der Waals surface area contributed by atoms with Gasteiger partial charge in [-0.2, -0.15) is 0 Å². The molecule has 610 valence electrons. The van der Waals surface area contributed by atoms with Crippen LogP contribution in [0.25, 0.3) is 0 Å². The minimum Gasteiger partial charge on any atom is -0.462 e. The Kier molecular flexibility index (Phi) is 74.6. The third-order valence-corrected chi connectivity index (χ3v) is 20.7. The fraction of sp³-hybridized carbons (Fsp3) is 0.859. The molecular formula is C85H158O17P2. The van der Waals surface area contributed by atoms with Gasteiger partial charge in [-0.05, 0) is 83.0 Å². The summed E-state index contributed by atoms with van der Waals surface area (Å²) in [4.78, 5) is 73.1. The van der Waals surface area contributed by atoms with Crippen molar-refractivity contribution in [2.45, 2.75) is 425 Å². The fourth-order valence-corrected chi connectivity index (χ4v) is 13.8. The minimum absolute atomic E-state index is 0.0835. The van der Waals surface area contributed by atoms with Gasteiger partial charge in [0.25, 0.3) is 0 Å². The molecule has 0 saturated heterocycles. The first kappa shape index (κ1) is 101. The topological polar surface area (TPSA) is 237 Å². The molecule has 0 heterocycles. The highest BCUT2D eigenvalue weighted by Gasteiger charge is 2.30. The molecule has 0 spiro atoms. The largest absolute Gasteiger partial charge is 0.472 e. The average Bonchev–Trinajstić information content (AvgIpc) is 0.912. The van der Waals surface area contributed by atoms with E-state index in [9.17, 15) is 43.2 Å². The lowest BCUT2D eigenvalue weighted by Gasteiger charge is -2.21. The molecule has 0 aromatic heterocycles. The maximum absolute atomic E-state index is 13.1. The van der Waals surface area contributed by atoms with Gasteiger partial charge in [0.2, 0.25) is 0 Å². The summed E-state index contributed by atoms with van der Waals surface area (Å²) >= 11 is 0. The fourth-order valence-electron chi connectivity index (χ4n) is 12.2. The van der Waals surface area contributed by atoms with Crippen LogP contribution < -0.4 is 0 Å². The Hall–Kier alpha value is -2.98. The van der Waals surface area contributed by atoms with Gasteiger partial charge in [0.15, 0.2) is 12.2 Å². The second-order valence-corrected chi connectivity index (χ2v) is 32.6. The molecule has 0 fully saturated rings. The van der Waals surface area contributed by atoms with E-state index in [-0.39, 0.29) is 25.7 Å². The van der Waals surface area contributed by atoms with Crippen LogP contribution in [0.4, 0.5) is 0 Å². The number of hydrogen-bond acceptors (Lipinski definition) is 15. The number of rotatable bonds is 81. The number of unbranched alkanes of at least 4 members (excludes halogenated alkanes) is 47. The van der Waals surface area contributed by atoms with Crippen molar-refractivity contribution in [2.75, 3.05) is 39.6 Å². The monoisotopic (exact) mass is 1510 g/mol. The predicted octanol–water partition coefficient (Wildman–Crippen LogP) is 25.1. The van der Waals surface area contributed by atoms with Crippen molar-refractivity contribution >= 4 is 39.5 Å². The number of ether oxygens (including phenoxy) is 4. The zero-order valence-electron chi connectivity index (χ0n) is 67.1. The first-order valence-electron chi connectivity index (χ1n) is 42.8. The number of aliphatic hydroxyl groups is 1. The van der Waals surface area contributed by atoms with Crippen molar-refractivity contribution in [3.63, 3.8) is 0 Å². The Morgan fingerprint density at radius 1 is 0.298 bits per heavy atom. The Balaban J connectivity index is 5.31. The van der Waals surface area contributed by atoms with Crippen LogP contribution in [0.5, 0.6) is 0 Å². The van der Waals surface area contributed by atoms with Gasteiger partial charge in [-0.15, -0.1) is 0 Å². The number of phosphoric ester groups is 2. The lowest BCUT2D eigenvalue weighted by atomic mass is 10.0. The van der Waals surface area contributed by atoms with Crippen molar-refractivity contribution in [2.24, 2.45) is 5.92 Å². The standard InChI is InChI=1S/C85H158O17P2/c1-6-9-12-15-18-21-24-27-33-39-44-49-54-59-64-69-83(88)96-75-81(102-85(90)71-66-61-56-51-46-41-36-32-30-29-31-35-38-42-47-52-57-62-67-78(4)5)77-100-104(93,94)98-73-79(86)72-97-103(91,92)99-76-80(74-95-82(87)68-63-58-53-48-43-37-26-23-20-17-14-11-8-3)101-84(89)70-65-60-55-50-45-40-34-28-25-22-19-16-13-10-7-2/h21-22,24-25,27-28,33-34,78-81,86H,6-20,23,26,29-32,35-77H2,1-5H3,(H,91,92)(H,93,94)/b24-21-,25-22-,33-27-,34-28-/t79-,80+,81+/m0/s1. The summed E-state index contributed by atoms with van der Waals surface area (Å²) < 4.78 is 68.8. The molecule has 0 rings (SSSR count). The minimum atomic E-state index is -4.98. The van der Waals surface area contributed by atoms with Crippen LogP contribution >= 0.6 is 15.6 Å². The zero-order chi connectivity index (χ0) is 76.2. The van der Waals surface area contributed by atoms with Crippen LogP contribution in [0.3, 0.4) is 0 Å². The third-order valence-electron chi connectivity index (χ3n) is 18.8. The van der Waals surface area contributed by atoms with E-state index in [0.717, 1.165) is 128 Å². The van der Waals surface area contributed by atoms with E-state index in [1.54, 1.807) is 0 Å². The molecule has 0 aromatic carbocycles. The molecule has 5 atom stereocenters. The lowest BCUT2D eigenvalue weighted by Crippen LogP contribution is -2.30. The van der Waals surface area contributed by atoms with E-state index in [0.29, 0.717) is 25.7 Å². The number of phosphoric acid groups is 2. The first-order chi connectivity index (χ1) is 50.5. The van der Waals surface area contributed by atoms with Crippen molar-refractivity contribution in [1.82, 2.24) is 0 Å². The predicted molar refractivity (Wildman–Crippen MR) is 427 cm³/mol. The molecule has 19 heteroatoms. The van der Waals surface area contributed by atoms with Gasteiger partial charge < -0.3 is 33.8 Å². The Bertz CT molecular complexity index is 2170. The van der Waals surface area contributed by atoms with Crippen LogP contribution in [-0.4, -0.2) is 96.7 Å². The second kappa shape index (κ2) is 76.8. The van der Waals surface area contributed by atoms with E-state index >= 15 is 0 Å². The molecule has 0 aliphatic carbocycles. The zero-order valence-corrected chi connectivity index (χ0v) is 68.9. The number of aliphatic hydroxyl groups excluding tert-OH is 1. The molecule has 0 radical (unpaired) electrons. The third kappa shape index (κ3) is 77.2. The van der Waals surface area contributed by atoms with Crippen LogP contribution in [0.15, 0.2) is 48.6 Å². The summed E-state index contributed by atoms with van der Waals surface area (Å²) in [5.41, 5.74) is 0. The molecule has 3 N–H and O–H groups in total. The lowest BCUT2D eigenvalue weighted by molar-refractivity contribution is -0.161. The molecule has 0 aliphatic heterocycles. The first-order valence-corrected chi connectivity index (χ1v) is 45.8. The van der Waals surface area contributed by atoms with Crippen LogP contribution in [0.2, 0.25) is 0 Å². The molecule has 2 unspecified atom stereocenters. The molecule has 104 heavy (non-hydrogen) atoms. The summed E-state index contributed by atoms with van der Waals surface area (Å²) in [7, 11) is -9.95. The number of esters is 4. The van der Waals surface area contributed by atoms with Crippen molar-refractivity contribution in [3.05, 3.63) is 48.6 Å². The number of carbonyl (C=O) groups is 4. The van der Waals surface area contributed by atoms with E-state index in [1.807, 2.05) is 0 Å². The van der Waals surface area contributed by atoms with E-state index in [4.69, 9.17) is 37.0 Å². The maximum Gasteiger partial charge on any atom is 0.472 e. The smallest absolute Gasteiger partial charge is 0.462 e. The molecule has 17 nitrogen and oxygen atoms in total. The molecule has 0 bridgehead atoms. The maximum atomic E-state index is 13.1. The number of allylic oxidation sites excluding steroid dienone is 8. The van der Waals surface area contributed by atoms with Gasteiger partial charge in [-0.25, -0.2) is 9.13 Å². The second-order valence-electron chi connectivity index (χ2n) is 29.7. The van der Waals surface area contributed by atoms with Gasteiger partial charge in [-0.3, -0.25) is 37.3 Å². The van der Waals surface area contributed by atoms with E-state index in [2.05, 4.69) is 83.2 Å². The Morgan fingerprint density at radius 3 is 0.788 bits per heavy atom. The number of hydrogen-bond donors (Lipinski definition) is 3. The summed E-state index contributed by atoms with van der Waals surface area (Å²) in [5, 5.41) is 10.7. The SMILES string of the molecule is CCCCCC/C=C\C=C/CCCCCCCC(=O)OC[C@H](COP(=O)(O)OC[C@@H](O)COP(=O)(O)OC[C@@H](COC(=O)CCCCCCCCCCCCCCC)OC(=O)CCCCCCC/C=C\C=C/CCCCCC)OC(=O)CCCCCCCCCCCCCCCCCCCCC(C)C. The number of carbonyl (C=O) groups excluding carboxylic acids is 4. The van der Waals surface area contributed by atoms with Crippen LogP contribution in [0.1, 0.15) is 407 Å². The van der Waals surface area contributed by atoms with Gasteiger partial charge in [-0.1, -0.05) is 353 Å². The Morgan fingerprint density at radius 2 is 0.519 bits per heavy atom. The van der Waals surface area contributed by atoms with Crippen molar-refractivity contribution < 1.29 is 80.2 Å². The Labute approximate surface area is 636 Å². The molecule has 0 saturated carbocycles. The van der Waals surface area contributed by atoms with Crippen molar-refractivity contribution in [3.8, 4) is 0 Å². The van der Waals surface area contributed by atoms with Gasteiger partial charge in [0.05, 0.1) is 26.4 Å². The van der Waals surface area contributed by atoms with Crippen LogP contribution in [-0.2, 0) is 65.4 Å². The van der Waals surface area contributed by atoms with E-state index < -0.39 is 97.5 Å². The van der Waals surface area contributed by atoms with Crippen molar-refractivity contribution in [1.29, 1.82) is 0 Å². The van der Waals surface area contributed by atoms with Gasteiger partial charge in [0.1, 0.15) is 19.3 Å². The molecule has 0 aromatic rings. The van der Waals surface area contributed by atoms with Gasteiger partial charge in [0, 0.05) is 25.7 Å². The summed E-state index contributed by atoms with van der Waals surface area (Å²) in [5.74, 6) is -1.34. The summed E-state index contributed by atoms with van der Waals surface area (Å²) in [6.07, 6.45) is 75.1. The highest BCUT2D eigenvalue weighted by Crippen LogP contribution is 2.45. The molecule has 0 amide bonds. The summed E-state index contributed by atoms with van der Waals surface area (Å²) in [6, 6.07) is 0. The highest BCUT2D eigenvalue weighted by molar-refractivity contribution is 7.47. The molecular weight excluding hydrogens is 1350 g/mol. The van der Waals surface area contributed by atoms with E-state index in [1.165, 1.54) is 199 Å². The van der Waals surface area contributed by atoms with Gasteiger partial charge >= 0.3 is 39.5 Å². The van der Waals surface area contributed by atoms with Crippen LogP contribution in [0, 0.1) is 5.92 Å². The highest BCUT2D eigenvalue weighted by atomic mass is 31.2.